The first kappa shape index (κ1) is 24.6. The second-order valence-corrected chi connectivity index (χ2v) is 8.88. The summed E-state index contributed by atoms with van der Waals surface area (Å²) in [6, 6.07) is 15.1. The highest BCUT2D eigenvalue weighted by atomic mass is 32.1. The van der Waals surface area contributed by atoms with Crippen LogP contribution in [-0.4, -0.2) is 26.8 Å². The number of benzene rings is 2. The number of nitrogens with one attached hydrogen (secondary N) is 2. The number of carbonyl (C=O) groups is 2. The van der Waals surface area contributed by atoms with Crippen molar-refractivity contribution in [2.24, 2.45) is 11.5 Å². The summed E-state index contributed by atoms with van der Waals surface area (Å²) in [5.41, 5.74) is 13.2. The summed E-state index contributed by atoms with van der Waals surface area (Å²) < 4.78 is 20.5. The average molecular weight is 507 g/mol. The van der Waals surface area contributed by atoms with E-state index in [0.717, 1.165) is 17.3 Å². The van der Waals surface area contributed by atoms with E-state index in [0.29, 0.717) is 10.7 Å². The minimum Gasteiger partial charge on any atom is -0.371 e. The molecule has 9 nitrogen and oxygen atoms in total. The van der Waals surface area contributed by atoms with Gasteiger partial charge in [0.25, 0.3) is 11.5 Å². The summed E-state index contributed by atoms with van der Waals surface area (Å²) in [7, 11) is 0. The molecule has 4 aromatic rings. The van der Waals surface area contributed by atoms with E-state index in [1.807, 2.05) is 6.92 Å². The molecular weight excluding hydrogens is 483 g/mol. The van der Waals surface area contributed by atoms with Gasteiger partial charge in [-0.15, -0.1) is 0 Å². The van der Waals surface area contributed by atoms with E-state index in [1.165, 1.54) is 28.2 Å². The van der Waals surface area contributed by atoms with Gasteiger partial charge in [-0.2, -0.15) is 4.37 Å². The van der Waals surface area contributed by atoms with Gasteiger partial charge in [-0.05, 0) is 60.4 Å². The van der Waals surface area contributed by atoms with Crippen molar-refractivity contribution in [3.8, 4) is 5.69 Å². The Morgan fingerprint density at radius 3 is 2.44 bits per heavy atom. The molecule has 184 valence electrons. The SMILES string of the molecule is Cc1cc(Nc2cc(NC(Cc3ccc(-n4ccccc4=O)cc3)C(N)=O)c(F)cc2C(N)=O)sn1. The van der Waals surface area contributed by atoms with Crippen LogP contribution >= 0.6 is 11.5 Å². The zero-order chi connectivity index (χ0) is 25.8. The third-order valence-corrected chi connectivity index (χ3v) is 6.20. The maximum absolute atomic E-state index is 14.9. The van der Waals surface area contributed by atoms with E-state index in [4.69, 9.17) is 11.5 Å². The van der Waals surface area contributed by atoms with Crippen molar-refractivity contribution >= 4 is 39.7 Å². The monoisotopic (exact) mass is 506 g/mol. The van der Waals surface area contributed by atoms with Gasteiger partial charge < -0.3 is 22.1 Å². The lowest BCUT2D eigenvalue weighted by molar-refractivity contribution is -0.118. The average Bonchev–Trinajstić information content (AvgIpc) is 3.25. The lowest BCUT2D eigenvalue weighted by Gasteiger charge is -2.19. The molecule has 2 heterocycles. The van der Waals surface area contributed by atoms with Gasteiger partial charge in [-0.3, -0.25) is 19.0 Å². The van der Waals surface area contributed by atoms with Crippen LogP contribution in [0, 0.1) is 12.7 Å². The Hall–Kier alpha value is -4.51. The standard InChI is InChI=1S/C25H23FN6O3S/c1-14-10-22(36-31-14)30-19-13-20(18(26)12-17(19)24(27)34)29-21(25(28)35)11-15-5-7-16(8-6-15)32-9-3-2-4-23(32)33/h2-10,12-13,21,29-30H,11H2,1H3,(H2,27,34)(H2,28,35). The number of hydrogen-bond acceptors (Lipinski definition) is 7. The lowest BCUT2D eigenvalue weighted by Crippen LogP contribution is -2.37. The Morgan fingerprint density at radius 1 is 1.08 bits per heavy atom. The van der Waals surface area contributed by atoms with Gasteiger partial charge in [-0.25, -0.2) is 4.39 Å². The van der Waals surface area contributed by atoms with Gasteiger partial charge in [0.1, 0.15) is 16.9 Å². The number of carbonyl (C=O) groups excluding carboxylic acids is 2. The van der Waals surface area contributed by atoms with E-state index >= 15 is 0 Å². The molecule has 4 rings (SSSR count). The minimum absolute atomic E-state index is 0.0278. The Morgan fingerprint density at radius 2 is 1.83 bits per heavy atom. The minimum atomic E-state index is -0.956. The normalized spacial score (nSPS) is 11.6. The van der Waals surface area contributed by atoms with E-state index < -0.39 is 23.7 Å². The molecule has 1 unspecified atom stereocenters. The number of hydrogen-bond donors (Lipinski definition) is 4. The zero-order valence-corrected chi connectivity index (χ0v) is 20.0. The van der Waals surface area contributed by atoms with Crippen molar-refractivity contribution in [1.29, 1.82) is 0 Å². The van der Waals surface area contributed by atoms with Gasteiger partial charge in [0.05, 0.1) is 22.6 Å². The molecule has 2 amide bonds. The van der Waals surface area contributed by atoms with Crippen molar-refractivity contribution in [1.82, 2.24) is 8.94 Å². The molecule has 0 spiro atoms. The molecule has 0 aliphatic rings. The molecule has 0 aliphatic heterocycles. The molecule has 0 saturated heterocycles. The van der Waals surface area contributed by atoms with Crippen molar-refractivity contribution < 1.29 is 14.0 Å². The smallest absolute Gasteiger partial charge is 0.255 e. The number of nitrogens with two attached hydrogens (primary N) is 2. The Bertz CT molecular complexity index is 1480. The van der Waals surface area contributed by atoms with E-state index in [2.05, 4.69) is 15.0 Å². The number of amides is 2. The summed E-state index contributed by atoms with van der Waals surface area (Å²) in [5, 5.41) is 6.50. The van der Waals surface area contributed by atoms with Gasteiger partial charge >= 0.3 is 0 Å². The number of pyridine rings is 1. The van der Waals surface area contributed by atoms with Crippen LogP contribution in [0.2, 0.25) is 0 Å². The van der Waals surface area contributed by atoms with Crippen LogP contribution in [0.4, 0.5) is 20.8 Å². The van der Waals surface area contributed by atoms with Crippen molar-refractivity contribution in [2.75, 3.05) is 10.6 Å². The first-order valence-corrected chi connectivity index (χ1v) is 11.6. The van der Waals surface area contributed by atoms with Gasteiger partial charge in [0, 0.05) is 24.4 Å². The Balaban J connectivity index is 1.58. The van der Waals surface area contributed by atoms with Crippen molar-refractivity contribution in [2.45, 2.75) is 19.4 Å². The number of nitrogens with zero attached hydrogens (tertiary/aromatic N) is 2. The molecule has 2 aromatic heterocycles. The highest BCUT2D eigenvalue weighted by Crippen LogP contribution is 2.30. The van der Waals surface area contributed by atoms with E-state index in [1.54, 1.807) is 48.7 Å². The molecule has 2 aromatic carbocycles. The highest BCUT2D eigenvalue weighted by molar-refractivity contribution is 7.10. The topological polar surface area (TPSA) is 145 Å². The molecule has 36 heavy (non-hydrogen) atoms. The maximum atomic E-state index is 14.9. The fourth-order valence-electron chi connectivity index (χ4n) is 3.63. The second-order valence-electron chi connectivity index (χ2n) is 8.08. The zero-order valence-electron chi connectivity index (χ0n) is 19.2. The van der Waals surface area contributed by atoms with Crippen LogP contribution in [0.5, 0.6) is 0 Å². The van der Waals surface area contributed by atoms with Gasteiger partial charge in [-0.1, -0.05) is 18.2 Å². The van der Waals surface area contributed by atoms with Gasteiger partial charge in [0.15, 0.2) is 0 Å². The van der Waals surface area contributed by atoms with E-state index in [-0.39, 0.29) is 28.9 Å². The second kappa shape index (κ2) is 10.4. The number of rotatable bonds is 9. The molecule has 11 heteroatoms. The van der Waals surface area contributed by atoms with Crippen LogP contribution in [0.15, 0.2) is 71.7 Å². The third kappa shape index (κ3) is 5.58. The van der Waals surface area contributed by atoms with Crippen LogP contribution in [-0.2, 0) is 11.2 Å². The summed E-state index contributed by atoms with van der Waals surface area (Å²) in [5.74, 6) is -2.27. The number of aromatic nitrogens is 2. The molecule has 6 N–H and O–H groups in total. The van der Waals surface area contributed by atoms with Crippen molar-refractivity contribution in [3.05, 3.63) is 99.9 Å². The Kier molecular flexibility index (Phi) is 7.11. The number of aryl methyl sites for hydroxylation is 1. The molecule has 0 fully saturated rings. The third-order valence-electron chi connectivity index (χ3n) is 5.41. The van der Waals surface area contributed by atoms with Crippen LogP contribution in [0.25, 0.3) is 5.69 Å². The molecule has 0 aliphatic carbocycles. The molecule has 0 saturated carbocycles. The number of primary amides is 2. The molecule has 0 bridgehead atoms. The largest absolute Gasteiger partial charge is 0.371 e. The van der Waals surface area contributed by atoms with Crippen molar-refractivity contribution in [3.63, 3.8) is 0 Å². The lowest BCUT2D eigenvalue weighted by atomic mass is 10.0. The number of anilines is 3. The van der Waals surface area contributed by atoms with Crippen LogP contribution < -0.4 is 27.7 Å². The predicted molar refractivity (Wildman–Crippen MR) is 137 cm³/mol. The summed E-state index contributed by atoms with van der Waals surface area (Å²) in [6.07, 6.45) is 1.82. The van der Waals surface area contributed by atoms with E-state index in [9.17, 15) is 18.8 Å². The predicted octanol–water partition coefficient (Wildman–Crippen LogP) is 3.09. The number of halogens is 1. The first-order valence-electron chi connectivity index (χ1n) is 10.9. The molecule has 0 radical (unpaired) electrons. The Labute approximate surface area is 209 Å². The van der Waals surface area contributed by atoms with Crippen LogP contribution in [0.3, 0.4) is 0 Å². The summed E-state index contributed by atoms with van der Waals surface area (Å²) in [6.45, 7) is 1.82. The molecular formula is C25H23FN6O3S. The van der Waals surface area contributed by atoms with Crippen LogP contribution in [0.1, 0.15) is 21.6 Å². The highest BCUT2D eigenvalue weighted by Gasteiger charge is 2.21. The quantitative estimate of drug-likeness (QED) is 0.275. The first-order chi connectivity index (χ1) is 17.2. The maximum Gasteiger partial charge on any atom is 0.255 e. The fourth-order valence-corrected chi connectivity index (χ4v) is 4.30. The summed E-state index contributed by atoms with van der Waals surface area (Å²) in [4.78, 5) is 36.1. The molecule has 1 atom stereocenters. The van der Waals surface area contributed by atoms with Gasteiger partial charge in [0.2, 0.25) is 5.91 Å². The summed E-state index contributed by atoms with van der Waals surface area (Å²) >= 11 is 1.17. The fraction of sp³-hybridized carbons (Fsp3) is 0.120.